The smallest absolute Gasteiger partial charge is 0.325 e. The molecule has 0 aliphatic heterocycles. The monoisotopic (exact) mass is 237 g/mol. The Kier molecular flexibility index (Phi) is 4.09. The number of rotatable bonds is 4. The van der Waals surface area contributed by atoms with Crippen LogP contribution in [0.2, 0.25) is 0 Å². The first-order valence-electron chi connectivity index (χ1n) is 5.14. The Morgan fingerprint density at radius 1 is 1.41 bits per heavy atom. The Morgan fingerprint density at radius 3 is 2.53 bits per heavy atom. The van der Waals surface area contributed by atoms with Gasteiger partial charge in [-0.05, 0) is 37.6 Å². The lowest BCUT2D eigenvalue weighted by atomic mass is 10.1. The fourth-order valence-corrected chi connectivity index (χ4v) is 1.35. The van der Waals surface area contributed by atoms with E-state index in [4.69, 9.17) is 9.84 Å². The van der Waals surface area contributed by atoms with Gasteiger partial charge in [-0.2, -0.15) is 0 Å². The summed E-state index contributed by atoms with van der Waals surface area (Å²) in [6, 6.07) is 4.08. The third-order valence-electron chi connectivity index (χ3n) is 2.40. The van der Waals surface area contributed by atoms with Gasteiger partial charge in [-0.15, -0.1) is 0 Å². The van der Waals surface area contributed by atoms with Crippen molar-refractivity contribution in [3.05, 3.63) is 29.3 Å². The second-order valence-corrected chi connectivity index (χ2v) is 3.71. The van der Waals surface area contributed by atoms with Gasteiger partial charge in [0, 0.05) is 5.56 Å². The Balaban J connectivity index is 2.86. The van der Waals surface area contributed by atoms with Gasteiger partial charge >= 0.3 is 5.97 Å². The summed E-state index contributed by atoms with van der Waals surface area (Å²) in [5.74, 6) is -0.810. The largest absolute Gasteiger partial charge is 0.497 e. The van der Waals surface area contributed by atoms with E-state index in [1.54, 1.807) is 32.2 Å². The van der Waals surface area contributed by atoms with Gasteiger partial charge < -0.3 is 15.2 Å². The van der Waals surface area contributed by atoms with Crippen LogP contribution in [0.15, 0.2) is 18.2 Å². The fraction of sp³-hybridized carbons (Fsp3) is 0.333. The number of ether oxygens (including phenoxy) is 1. The summed E-state index contributed by atoms with van der Waals surface area (Å²) in [4.78, 5) is 22.4. The first-order chi connectivity index (χ1) is 7.95. The second-order valence-electron chi connectivity index (χ2n) is 3.71. The number of hydrogen-bond acceptors (Lipinski definition) is 3. The van der Waals surface area contributed by atoms with Gasteiger partial charge in [0.05, 0.1) is 7.11 Å². The van der Waals surface area contributed by atoms with E-state index in [2.05, 4.69) is 5.32 Å². The van der Waals surface area contributed by atoms with E-state index in [0.717, 1.165) is 5.56 Å². The molecular formula is C12H15NO4. The molecule has 0 unspecified atom stereocenters. The first kappa shape index (κ1) is 13.0. The number of carboxylic acid groups (broad SMARTS) is 1. The van der Waals surface area contributed by atoms with Crippen LogP contribution in [-0.4, -0.2) is 30.1 Å². The minimum atomic E-state index is -1.07. The molecule has 0 spiro atoms. The van der Waals surface area contributed by atoms with E-state index in [1.807, 2.05) is 0 Å². The van der Waals surface area contributed by atoms with E-state index >= 15 is 0 Å². The van der Waals surface area contributed by atoms with Gasteiger partial charge in [-0.3, -0.25) is 9.59 Å². The maximum Gasteiger partial charge on any atom is 0.325 e. The van der Waals surface area contributed by atoms with Crippen LogP contribution >= 0.6 is 0 Å². The average Bonchev–Trinajstić information content (AvgIpc) is 2.28. The van der Waals surface area contributed by atoms with E-state index < -0.39 is 17.9 Å². The molecule has 0 radical (unpaired) electrons. The number of benzene rings is 1. The molecular weight excluding hydrogens is 222 g/mol. The predicted octanol–water partition coefficient (Wildman–Crippen LogP) is 1.21. The van der Waals surface area contributed by atoms with Crippen molar-refractivity contribution in [3.8, 4) is 5.75 Å². The van der Waals surface area contributed by atoms with Crippen LogP contribution < -0.4 is 10.1 Å². The normalized spacial score (nSPS) is 11.7. The predicted molar refractivity (Wildman–Crippen MR) is 62.3 cm³/mol. The molecule has 0 heterocycles. The van der Waals surface area contributed by atoms with Gasteiger partial charge in [0.15, 0.2) is 0 Å². The molecule has 0 saturated carbocycles. The number of hydrogen-bond donors (Lipinski definition) is 2. The summed E-state index contributed by atoms with van der Waals surface area (Å²) in [6.07, 6.45) is 0. The Morgan fingerprint density at radius 2 is 2.06 bits per heavy atom. The molecule has 0 aliphatic carbocycles. The number of carbonyl (C=O) groups is 2. The zero-order valence-corrected chi connectivity index (χ0v) is 9.98. The number of methoxy groups -OCH3 is 1. The highest BCUT2D eigenvalue weighted by atomic mass is 16.5. The van der Waals surface area contributed by atoms with E-state index in [9.17, 15) is 9.59 Å². The molecule has 0 bridgehead atoms. The van der Waals surface area contributed by atoms with Crippen LogP contribution in [0, 0.1) is 6.92 Å². The number of aliphatic carboxylic acids is 1. The van der Waals surface area contributed by atoms with E-state index in [0.29, 0.717) is 11.3 Å². The third-order valence-corrected chi connectivity index (χ3v) is 2.40. The van der Waals surface area contributed by atoms with E-state index in [-0.39, 0.29) is 0 Å². The molecule has 1 amide bonds. The number of carbonyl (C=O) groups excluding carboxylic acids is 1. The van der Waals surface area contributed by atoms with Crippen LogP contribution in [0.3, 0.4) is 0 Å². The highest BCUT2D eigenvalue weighted by molar-refractivity contribution is 5.97. The van der Waals surface area contributed by atoms with Gasteiger partial charge in [0.1, 0.15) is 11.8 Å². The maximum atomic E-state index is 11.8. The number of amides is 1. The summed E-state index contributed by atoms with van der Waals surface area (Å²) >= 11 is 0. The molecule has 17 heavy (non-hydrogen) atoms. The van der Waals surface area contributed by atoms with Gasteiger partial charge in [-0.1, -0.05) is 0 Å². The lowest BCUT2D eigenvalue weighted by Gasteiger charge is -2.11. The summed E-state index contributed by atoms with van der Waals surface area (Å²) in [5, 5.41) is 11.1. The van der Waals surface area contributed by atoms with Crippen molar-refractivity contribution in [3.63, 3.8) is 0 Å². The highest BCUT2D eigenvalue weighted by Crippen LogP contribution is 2.16. The average molecular weight is 237 g/mol. The molecule has 2 N–H and O–H groups in total. The summed E-state index contributed by atoms with van der Waals surface area (Å²) < 4.78 is 5.02. The molecule has 1 aromatic carbocycles. The molecule has 0 aliphatic rings. The van der Waals surface area contributed by atoms with Crippen molar-refractivity contribution in [1.29, 1.82) is 0 Å². The Labute approximate surface area is 99.4 Å². The van der Waals surface area contributed by atoms with Crippen molar-refractivity contribution in [2.45, 2.75) is 19.9 Å². The summed E-state index contributed by atoms with van der Waals surface area (Å²) in [7, 11) is 1.54. The molecule has 1 aromatic rings. The first-order valence-corrected chi connectivity index (χ1v) is 5.14. The molecule has 5 nitrogen and oxygen atoms in total. The SMILES string of the molecule is COc1ccc(C(=O)N[C@H](C)C(=O)O)c(C)c1. The topological polar surface area (TPSA) is 75.6 Å². The number of carboxylic acids is 1. The fourth-order valence-electron chi connectivity index (χ4n) is 1.35. The van der Waals surface area contributed by atoms with Crippen LogP contribution in [-0.2, 0) is 4.79 Å². The van der Waals surface area contributed by atoms with Gasteiger partial charge in [0.25, 0.3) is 5.91 Å². The van der Waals surface area contributed by atoms with Crippen LogP contribution in [0.25, 0.3) is 0 Å². The van der Waals surface area contributed by atoms with Crippen molar-refractivity contribution in [2.24, 2.45) is 0 Å². The molecule has 1 atom stereocenters. The van der Waals surface area contributed by atoms with E-state index in [1.165, 1.54) is 6.92 Å². The van der Waals surface area contributed by atoms with Crippen molar-refractivity contribution < 1.29 is 19.4 Å². The number of aryl methyl sites for hydroxylation is 1. The zero-order chi connectivity index (χ0) is 13.0. The molecule has 0 aromatic heterocycles. The Hall–Kier alpha value is -2.04. The molecule has 5 heteroatoms. The third kappa shape index (κ3) is 3.21. The quantitative estimate of drug-likeness (QED) is 0.825. The van der Waals surface area contributed by atoms with Crippen molar-refractivity contribution in [1.82, 2.24) is 5.32 Å². The lowest BCUT2D eigenvalue weighted by molar-refractivity contribution is -0.138. The molecule has 1 rings (SSSR count). The standard InChI is InChI=1S/C12H15NO4/c1-7-6-9(17-3)4-5-10(7)11(14)13-8(2)12(15)16/h4-6,8H,1-3H3,(H,13,14)(H,15,16)/t8-/m1/s1. The van der Waals surface area contributed by atoms with Gasteiger partial charge in [-0.25, -0.2) is 0 Å². The van der Waals surface area contributed by atoms with Crippen molar-refractivity contribution in [2.75, 3.05) is 7.11 Å². The maximum absolute atomic E-state index is 11.8. The molecule has 92 valence electrons. The lowest BCUT2D eigenvalue weighted by Crippen LogP contribution is -2.38. The summed E-state index contributed by atoms with van der Waals surface area (Å²) in [6.45, 7) is 3.18. The minimum absolute atomic E-state index is 0.403. The second kappa shape index (κ2) is 5.34. The highest BCUT2D eigenvalue weighted by Gasteiger charge is 2.16. The Bertz CT molecular complexity index is 442. The van der Waals surface area contributed by atoms with Crippen molar-refractivity contribution >= 4 is 11.9 Å². The molecule has 0 fully saturated rings. The number of nitrogens with one attached hydrogen (secondary N) is 1. The summed E-state index contributed by atoms with van der Waals surface area (Å²) in [5.41, 5.74) is 1.18. The zero-order valence-electron chi connectivity index (χ0n) is 9.98. The van der Waals surface area contributed by atoms with Crippen LogP contribution in [0.1, 0.15) is 22.8 Å². The van der Waals surface area contributed by atoms with Crippen LogP contribution in [0.4, 0.5) is 0 Å². The van der Waals surface area contributed by atoms with Crippen LogP contribution in [0.5, 0.6) is 5.75 Å². The van der Waals surface area contributed by atoms with Gasteiger partial charge in [0.2, 0.25) is 0 Å². The minimum Gasteiger partial charge on any atom is -0.497 e. The molecule has 0 saturated heterocycles.